The van der Waals surface area contributed by atoms with Gasteiger partial charge >= 0.3 is 0 Å². The van der Waals surface area contributed by atoms with E-state index in [4.69, 9.17) is 9.88 Å². The van der Waals surface area contributed by atoms with Crippen LogP contribution in [0.25, 0.3) is 0 Å². The molecule has 0 bridgehead atoms. The Morgan fingerprint density at radius 3 is 2.10 bits per heavy atom. The molecule has 6 heteroatoms. The van der Waals surface area contributed by atoms with E-state index < -0.39 is 10.0 Å². The van der Waals surface area contributed by atoms with Crippen LogP contribution in [0.15, 0.2) is 53.4 Å². The molecule has 2 N–H and O–H groups in total. The number of carbonyl (C=O) groups is 1. The van der Waals surface area contributed by atoms with E-state index >= 15 is 0 Å². The van der Waals surface area contributed by atoms with Crippen LogP contribution in [0.1, 0.15) is 15.9 Å². The molecule has 2 aromatic carbocycles. The SMILES string of the molecule is COc1ccc(C(=O)Cc2ccc(S(N)(=O)=O)cc2)cc1. The zero-order valence-corrected chi connectivity index (χ0v) is 12.3. The zero-order valence-electron chi connectivity index (χ0n) is 11.4. The van der Waals surface area contributed by atoms with E-state index in [-0.39, 0.29) is 17.1 Å². The van der Waals surface area contributed by atoms with Gasteiger partial charge in [0.2, 0.25) is 10.0 Å². The Balaban J connectivity index is 2.12. The van der Waals surface area contributed by atoms with Gasteiger partial charge in [-0.1, -0.05) is 12.1 Å². The molecule has 0 spiro atoms. The van der Waals surface area contributed by atoms with E-state index in [1.165, 1.54) is 12.1 Å². The fourth-order valence-electron chi connectivity index (χ4n) is 1.86. The highest BCUT2D eigenvalue weighted by Crippen LogP contribution is 2.15. The van der Waals surface area contributed by atoms with Crippen LogP contribution in [0, 0.1) is 0 Å². The van der Waals surface area contributed by atoms with Gasteiger partial charge < -0.3 is 4.74 Å². The Morgan fingerprint density at radius 2 is 1.62 bits per heavy atom. The molecule has 0 amide bonds. The van der Waals surface area contributed by atoms with Crippen molar-refractivity contribution in [3.05, 3.63) is 59.7 Å². The fraction of sp³-hybridized carbons (Fsp3) is 0.133. The molecule has 0 unspecified atom stereocenters. The summed E-state index contributed by atoms with van der Waals surface area (Å²) in [5.74, 6) is 0.630. The Kier molecular flexibility index (Phi) is 4.40. The van der Waals surface area contributed by atoms with Crippen molar-refractivity contribution >= 4 is 15.8 Å². The maximum absolute atomic E-state index is 12.1. The smallest absolute Gasteiger partial charge is 0.238 e. The van der Waals surface area contributed by atoms with Crippen molar-refractivity contribution in [1.82, 2.24) is 0 Å². The third-order valence-corrected chi connectivity index (χ3v) is 3.96. The molecule has 5 nitrogen and oxygen atoms in total. The molecule has 0 fully saturated rings. The van der Waals surface area contributed by atoms with Gasteiger partial charge in [0.15, 0.2) is 5.78 Å². The molecule has 0 radical (unpaired) electrons. The number of ether oxygens (including phenoxy) is 1. The van der Waals surface area contributed by atoms with E-state index in [9.17, 15) is 13.2 Å². The Hall–Kier alpha value is -2.18. The molecular formula is C15H15NO4S. The van der Waals surface area contributed by atoms with Crippen LogP contribution < -0.4 is 9.88 Å². The lowest BCUT2D eigenvalue weighted by molar-refractivity contribution is 0.0993. The second kappa shape index (κ2) is 6.07. The number of benzene rings is 2. The largest absolute Gasteiger partial charge is 0.497 e. The van der Waals surface area contributed by atoms with Crippen LogP contribution in [0.4, 0.5) is 0 Å². The van der Waals surface area contributed by atoms with E-state index in [1.54, 1.807) is 43.5 Å². The highest BCUT2D eigenvalue weighted by atomic mass is 32.2. The molecule has 0 heterocycles. The lowest BCUT2D eigenvalue weighted by atomic mass is 10.0. The Labute approximate surface area is 123 Å². The average molecular weight is 305 g/mol. The van der Waals surface area contributed by atoms with Gasteiger partial charge in [0.1, 0.15) is 5.75 Å². The summed E-state index contributed by atoms with van der Waals surface area (Å²) in [6.45, 7) is 0. The third-order valence-electron chi connectivity index (χ3n) is 3.03. The molecular weight excluding hydrogens is 290 g/mol. The van der Waals surface area contributed by atoms with Gasteiger partial charge in [-0.05, 0) is 42.0 Å². The summed E-state index contributed by atoms with van der Waals surface area (Å²) in [6.07, 6.45) is 0.192. The summed E-state index contributed by atoms with van der Waals surface area (Å²) in [7, 11) is -2.15. The van der Waals surface area contributed by atoms with Gasteiger partial charge in [0.05, 0.1) is 12.0 Å². The predicted octanol–water partition coefficient (Wildman–Crippen LogP) is 1.77. The minimum absolute atomic E-state index is 0.0307. The molecule has 0 saturated heterocycles. The van der Waals surface area contributed by atoms with Crippen molar-refractivity contribution in [2.24, 2.45) is 5.14 Å². The van der Waals surface area contributed by atoms with Crippen LogP contribution >= 0.6 is 0 Å². The van der Waals surface area contributed by atoms with Crippen molar-refractivity contribution in [3.8, 4) is 5.75 Å². The summed E-state index contributed by atoms with van der Waals surface area (Å²) >= 11 is 0. The van der Waals surface area contributed by atoms with Gasteiger partial charge in [-0.15, -0.1) is 0 Å². The standard InChI is InChI=1S/C15H15NO4S/c1-20-13-6-4-12(5-7-13)15(17)10-11-2-8-14(9-3-11)21(16,18)19/h2-9H,10H2,1H3,(H2,16,18,19). The minimum atomic E-state index is -3.71. The quantitative estimate of drug-likeness (QED) is 0.853. The number of Topliss-reactive ketones (excluding diaryl/α,β-unsaturated/α-hetero) is 1. The molecule has 0 aliphatic rings. The van der Waals surface area contributed by atoms with E-state index in [0.717, 1.165) is 5.56 Å². The normalized spacial score (nSPS) is 11.1. The molecule has 0 aliphatic carbocycles. The molecule has 2 aromatic rings. The molecule has 21 heavy (non-hydrogen) atoms. The molecule has 0 saturated carbocycles. The van der Waals surface area contributed by atoms with Crippen LogP contribution in [-0.4, -0.2) is 21.3 Å². The first-order chi connectivity index (χ1) is 9.90. The number of primary sulfonamides is 1. The van der Waals surface area contributed by atoms with Crippen molar-refractivity contribution in [1.29, 1.82) is 0 Å². The first-order valence-electron chi connectivity index (χ1n) is 6.19. The van der Waals surface area contributed by atoms with Gasteiger partial charge in [0.25, 0.3) is 0 Å². The van der Waals surface area contributed by atoms with Crippen LogP contribution in [0.2, 0.25) is 0 Å². The molecule has 0 aliphatic heterocycles. The number of rotatable bonds is 5. The maximum atomic E-state index is 12.1. The average Bonchev–Trinajstić information content (AvgIpc) is 2.47. The molecule has 0 atom stereocenters. The number of carbonyl (C=O) groups excluding carboxylic acids is 1. The number of methoxy groups -OCH3 is 1. The van der Waals surface area contributed by atoms with Gasteiger partial charge in [0, 0.05) is 12.0 Å². The third kappa shape index (κ3) is 3.90. The highest BCUT2D eigenvalue weighted by Gasteiger charge is 2.10. The summed E-state index contributed by atoms with van der Waals surface area (Å²) in [5, 5.41) is 5.02. The van der Waals surface area contributed by atoms with E-state index in [1.807, 2.05) is 0 Å². The summed E-state index contributed by atoms with van der Waals surface area (Å²) < 4.78 is 27.3. The first kappa shape index (κ1) is 15.2. The molecule has 2 rings (SSSR count). The summed E-state index contributed by atoms with van der Waals surface area (Å²) in [4.78, 5) is 12.1. The van der Waals surface area contributed by atoms with Gasteiger partial charge in [-0.2, -0.15) is 0 Å². The fourth-order valence-corrected chi connectivity index (χ4v) is 2.38. The van der Waals surface area contributed by atoms with Gasteiger partial charge in [-0.25, -0.2) is 13.6 Å². The minimum Gasteiger partial charge on any atom is -0.497 e. The maximum Gasteiger partial charge on any atom is 0.238 e. The second-order valence-electron chi connectivity index (χ2n) is 4.52. The zero-order chi connectivity index (χ0) is 15.5. The van der Waals surface area contributed by atoms with Crippen molar-refractivity contribution in [2.45, 2.75) is 11.3 Å². The topological polar surface area (TPSA) is 86.5 Å². The number of hydrogen-bond acceptors (Lipinski definition) is 4. The monoisotopic (exact) mass is 305 g/mol. The van der Waals surface area contributed by atoms with Crippen LogP contribution in [-0.2, 0) is 16.4 Å². The first-order valence-corrected chi connectivity index (χ1v) is 7.74. The van der Waals surface area contributed by atoms with Gasteiger partial charge in [-0.3, -0.25) is 4.79 Å². The second-order valence-corrected chi connectivity index (χ2v) is 6.08. The lowest BCUT2D eigenvalue weighted by Gasteiger charge is -2.04. The lowest BCUT2D eigenvalue weighted by Crippen LogP contribution is -2.12. The molecule has 0 aromatic heterocycles. The van der Waals surface area contributed by atoms with Crippen LogP contribution in [0.3, 0.4) is 0 Å². The van der Waals surface area contributed by atoms with Crippen LogP contribution in [0.5, 0.6) is 5.75 Å². The van der Waals surface area contributed by atoms with E-state index in [2.05, 4.69) is 0 Å². The predicted molar refractivity (Wildman–Crippen MR) is 78.8 cm³/mol. The number of sulfonamides is 1. The summed E-state index contributed by atoms with van der Waals surface area (Å²) in [6, 6.07) is 12.8. The van der Waals surface area contributed by atoms with Crippen molar-refractivity contribution in [2.75, 3.05) is 7.11 Å². The van der Waals surface area contributed by atoms with Crippen molar-refractivity contribution < 1.29 is 17.9 Å². The van der Waals surface area contributed by atoms with Crippen molar-refractivity contribution in [3.63, 3.8) is 0 Å². The number of nitrogens with two attached hydrogens (primary N) is 1. The highest BCUT2D eigenvalue weighted by molar-refractivity contribution is 7.89. The van der Waals surface area contributed by atoms with E-state index in [0.29, 0.717) is 11.3 Å². The number of ketones is 1. The Bertz CT molecular complexity index is 734. The molecule has 110 valence electrons. The number of hydrogen-bond donors (Lipinski definition) is 1. The summed E-state index contributed by atoms with van der Waals surface area (Å²) in [5.41, 5.74) is 1.30. The Morgan fingerprint density at radius 1 is 1.05 bits per heavy atom.